The van der Waals surface area contributed by atoms with Gasteiger partial charge in [-0.15, -0.1) is 10.2 Å². The van der Waals surface area contributed by atoms with E-state index in [1.54, 1.807) is 29.9 Å². The van der Waals surface area contributed by atoms with Crippen molar-refractivity contribution in [2.75, 3.05) is 31.8 Å². The van der Waals surface area contributed by atoms with E-state index in [0.717, 1.165) is 38.5 Å². The Morgan fingerprint density at radius 3 is 2.33 bits per heavy atom. The molecule has 2 aromatic heterocycles. The standard InChI is InChI=1S/C30H36B3N9O4/c1-41(2)18-12-10-17(11-13-18)34-28(44)23-14-21(40-42(23)3)19-6-5-7-20(26(19)46-4)35-22-15-24(36-27(43)16-8-9-16)38-39-25(22)29(45)37-30(31,32)33/h5-7,14-18H,8-13H2,1-4H3,(H,34,44)(H,37,45)(H2,35,36,38,43). The maximum absolute atomic E-state index is 13.3. The summed E-state index contributed by atoms with van der Waals surface area (Å²) < 4.78 is 7.34. The molecule has 3 amide bonds. The number of aryl methyl sites for hydroxylation is 1. The molecule has 6 radical (unpaired) electrons. The van der Waals surface area contributed by atoms with Crippen LogP contribution in [0.1, 0.15) is 59.5 Å². The van der Waals surface area contributed by atoms with Crippen molar-refractivity contribution >= 4 is 58.5 Å². The van der Waals surface area contributed by atoms with E-state index in [-0.39, 0.29) is 41.0 Å². The molecule has 0 atom stereocenters. The fourth-order valence-electron chi connectivity index (χ4n) is 5.55. The highest BCUT2D eigenvalue weighted by Gasteiger charge is 2.31. The van der Waals surface area contributed by atoms with Gasteiger partial charge < -0.3 is 30.9 Å². The fraction of sp³-hybridized carbons (Fsp3) is 0.467. The Morgan fingerprint density at radius 1 is 0.978 bits per heavy atom. The Hall–Kier alpha value is -4.33. The van der Waals surface area contributed by atoms with E-state index in [2.05, 4.69) is 55.6 Å². The molecule has 0 unspecified atom stereocenters. The summed E-state index contributed by atoms with van der Waals surface area (Å²) in [5.41, 5.74) is 1.94. The van der Waals surface area contributed by atoms with Gasteiger partial charge in [-0.1, -0.05) is 11.3 Å². The first-order chi connectivity index (χ1) is 21.8. The molecule has 4 N–H and O–H groups in total. The Bertz CT molecular complexity index is 1610. The summed E-state index contributed by atoms with van der Waals surface area (Å²) in [6, 6.07) is 9.12. The number of rotatable bonds is 11. The highest BCUT2D eigenvalue weighted by atomic mass is 16.5. The number of carbonyl (C=O) groups is 3. The zero-order valence-corrected chi connectivity index (χ0v) is 26.5. The van der Waals surface area contributed by atoms with Crippen LogP contribution in [0.5, 0.6) is 5.75 Å². The maximum atomic E-state index is 13.3. The van der Waals surface area contributed by atoms with Crippen molar-refractivity contribution in [3.8, 4) is 17.0 Å². The number of ether oxygens (including phenoxy) is 1. The van der Waals surface area contributed by atoms with Crippen LogP contribution in [0.2, 0.25) is 0 Å². The highest BCUT2D eigenvalue weighted by Crippen LogP contribution is 2.38. The first-order valence-electron chi connectivity index (χ1n) is 15.2. The van der Waals surface area contributed by atoms with Gasteiger partial charge in [-0.2, -0.15) is 5.10 Å². The number of aromatic nitrogens is 4. The van der Waals surface area contributed by atoms with Crippen LogP contribution >= 0.6 is 0 Å². The molecular formula is C30H36B3N9O4. The summed E-state index contributed by atoms with van der Waals surface area (Å²) in [4.78, 5) is 40.9. The number of methoxy groups -OCH3 is 1. The normalized spacial score (nSPS) is 18.1. The lowest BCUT2D eigenvalue weighted by molar-refractivity contribution is -0.117. The number of nitrogens with one attached hydrogen (secondary N) is 4. The molecule has 0 spiro atoms. The van der Waals surface area contributed by atoms with Gasteiger partial charge in [0, 0.05) is 36.7 Å². The molecule has 5 rings (SSSR count). The lowest BCUT2D eigenvalue weighted by Gasteiger charge is -2.32. The molecule has 3 aromatic rings. The molecule has 2 aliphatic rings. The zero-order chi connectivity index (χ0) is 33.2. The molecule has 234 valence electrons. The van der Waals surface area contributed by atoms with Gasteiger partial charge in [0.15, 0.2) is 17.3 Å². The van der Waals surface area contributed by atoms with Gasteiger partial charge in [0.05, 0.1) is 47.7 Å². The minimum absolute atomic E-state index is 0.0752. The second-order valence-corrected chi connectivity index (χ2v) is 12.1. The fourth-order valence-corrected chi connectivity index (χ4v) is 5.55. The quantitative estimate of drug-likeness (QED) is 0.234. The van der Waals surface area contributed by atoms with Gasteiger partial charge in [-0.25, -0.2) is 0 Å². The number of carbonyl (C=O) groups excluding carboxylic acids is 3. The van der Waals surface area contributed by atoms with E-state index in [1.165, 1.54) is 13.2 Å². The molecule has 0 saturated heterocycles. The topological polar surface area (TPSA) is 155 Å². The van der Waals surface area contributed by atoms with Crippen molar-refractivity contribution < 1.29 is 19.1 Å². The number of anilines is 3. The Kier molecular flexibility index (Phi) is 9.75. The second kappa shape index (κ2) is 13.6. The van der Waals surface area contributed by atoms with Gasteiger partial charge in [-0.3, -0.25) is 19.1 Å². The minimum atomic E-state index is -2.01. The Labute approximate surface area is 272 Å². The SMILES string of the molecule is [B]C([B])([B])NC(=O)c1nnc(NC(=O)C2CC2)cc1Nc1cccc(-c2cc(C(=O)NC3CCC(N(C)C)CC3)n(C)n2)c1OC. The molecule has 2 saturated carbocycles. The first kappa shape index (κ1) is 33.0. The largest absolute Gasteiger partial charge is 0.494 e. The van der Waals surface area contributed by atoms with Gasteiger partial charge in [0.1, 0.15) is 5.69 Å². The van der Waals surface area contributed by atoms with Crippen molar-refractivity contribution in [2.45, 2.75) is 55.8 Å². The van der Waals surface area contributed by atoms with Crippen molar-refractivity contribution in [2.24, 2.45) is 13.0 Å². The number of hydrogen-bond donors (Lipinski definition) is 4. The van der Waals surface area contributed by atoms with Gasteiger partial charge in [0.25, 0.3) is 11.8 Å². The summed E-state index contributed by atoms with van der Waals surface area (Å²) in [6.45, 7) is 0. The average Bonchev–Trinajstić information content (AvgIpc) is 3.78. The number of benzene rings is 1. The third-order valence-corrected chi connectivity index (χ3v) is 8.18. The third kappa shape index (κ3) is 7.90. The molecule has 16 heteroatoms. The van der Waals surface area contributed by atoms with Crippen LogP contribution in [0.15, 0.2) is 30.3 Å². The first-order valence-corrected chi connectivity index (χ1v) is 15.2. The van der Waals surface area contributed by atoms with Crippen LogP contribution in [0, 0.1) is 5.92 Å². The van der Waals surface area contributed by atoms with E-state index < -0.39 is 11.1 Å². The second-order valence-electron chi connectivity index (χ2n) is 12.1. The highest BCUT2D eigenvalue weighted by molar-refractivity contribution is 6.60. The van der Waals surface area contributed by atoms with Crippen molar-refractivity contribution in [3.63, 3.8) is 0 Å². The van der Waals surface area contributed by atoms with E-state index in [0.29, 0.717) is 34.4 Å². The summed E-state index contributed by atoms with van der Waals surface area (Å²) in [7, 11) is 24.1. The number of amides is 3. The van der Waals surface area contributed by atoms with E-state index in [9.17, 15) is 14.4 Å². The maximum Gasteiger partial charge on any atom is 0.272 e. The summed E-state index contributed by atoms with van der Waals surface area (Å²) in [5, 5.41) is 21.9. The van der Waals surface area contributed by atoms with E-state index >= 15 is 0 Å². The molecule has 46 heavy (non-hydrogen) atoms. The van der Waals surface area contributed by atoms with E-state index in [4.69, 9.17) is 28.3 Å². The lowest BCUT2D eigenvalue weighted by Crippen LogP contribution is -2.50. The molecule has 13 nitrogen and oxygen atoms in total. The van der Waals surface area contributed by atoms with Gasteiger partial charge >= 0.3 is 0 Å². The number of para-hydroxylation sites is 1. The molecule has 2 fully saturated rings. The van der Waals surface area contributed by atoms with Crippen LogP contribution < -0.4 is 26.0 Å². The number of nitrogens with zero attached hydrogens (tertiary/aromatic N) is 5. The molecule has 0 aliphatic heterocycles. The predicted molar refractivity (Wildman–Crippen MR) is 177 cm³/mol. The minimum Gasteiger partial charge on any atom is -0.494 e. The van der Waals surface area contributed by atoms with Gasteiger partial charge in [-0.05, 0) is 70.8 Å². The number of hydrogen-bond acceptors (Lipinski definition) is 9. The molecular weight excluding hydrogens is 583 g/mol. The van der Waals surface area contributed by atoms with Crippen LogP contribution in [-0.2, 0) is 11.8 Å². The van der Waals surface area contributed by atoms with Gasteiger partial charge in [0.2, 0.25) is 5.91 Å². The molecule has 1 aromatic carbocycles. The van der Waals surface area contributed by atoms with Crippen molar-refractivity contribution in [1.29, 1.82) is 0 Å². The van der Waals surface area contributed by atoms with Crippen LogP contribution in [-0.4, -0.2) is 105 Å². The molecule has 0 bridgehead atoms. The van der Waals surface area contributed by atoms with Crippen LogP contribution in [0.3, 0.4) is 0 Å². The third-order valence-electron chi connectivity index (χ3n) is 8.18. The average molecular weight is 619 g/mol. The molecule has 2 heterocycles. The lowest BCUT2D eigenvalue weighted by atomic mass is 9.49. The molecule has 2 aliphatic carbocycles. The smallest absolute Gasteiger partial charge is 0.272 e. The zero-order valence-electron chi connectivity index (χ0n) is 26.5. The van der Waals surface area contributed by atoms with Crippen molar-refractivity contribution in [1.82, 2.24) is 35.5 Å². The summed E-state index contributed by atoms with van der Waals surface area (Å²) in [6.07, 6.45) is 5.49. The monoisotopic (exact) mass is 619 g/mol. The Morgan fingerprint density at radius 2 is 1.70 bits per heavy atom. The van der Waals surface area contributed by atoms with E-state index in [1.807, 2.05) is 6.07 Å². The van der Waals surface area contributed by atoms with Crippen molar-refractivity contribution in [3.05, 3.63) is 41.7 Å². The van der Waals surface area contributed by atoms with Crippen LogP contribution in [0.4, 0.5) is 17.2 Å². The Balaban J connectivity index is 1.40. The predicted octanol–water partition coefficient (Wildman–Crippen LogP) is 1.43. The summed E-state index contributed by atoms with van der Waals surface area (Å²) in [5.74, 6) is -0.730. The van der Waals surface area contributed by atoms with Crippen LogP contribution in [0.25, 0.3) is 11.3 Å². The summed E-state index contributed by atoms with van der Waals surface area (Å²) >= 11 is 0.